The number of allylic oxidation sites excluding steroid dienone is 1. The molecule has 166 valence electrons. The van der Waals surface area contributed by atoms with Crippen molar-refractivity contribution in [1.29, 1.82) is 0 Å². The number of carbonyl (C=O) groups is 1. The van der Waals surface area contributed by atoms with Crippen LogP contribution >= 0.6 is 0 Å². The lowest BCUT2D eigenvalue weighted by atomic mass is 10.1. The Kier molecular flexibility index (Phi) is 5.08. The highest BCUT2D eigenvalue weighted by Gasteiger charge is 2.37. The van der Waals surface area contributed by atoms with Crippen LogP contribution in [-0.4, -0.2) is 33.3 Å². The smallest absolute Gasteiger partial charge is 0.462 e. The lowest BCUT2D eigenvalue weighted by Gasteiger charge is -2.25. The Labute approximate surface area is 184 Å². The third-order valence-electron chi connectivity index (χ3n) is 4.88. The maximum absolute atomic E-state index is 12.9. The van der Waals surface area contributed by atoms with Gasteiger partial charge in [-0.15, -0.1) is 6.58 Å². The van der Waals surface area contributed by atoms with Crippen molar-refractivity contribution in [2.45, 2.75) is 39.5 Å². The molecule has 4 rings (SSSR count). The highest BCUT2D eigenvalue weighted by atomic mass is 16.6. The first-order valence-electron chi connectivity index (χ1n) is 10.1. The molecular weight excluding hydrogens is 412 g/mol. The Balaban J connectivity index is 2.08. The van der Waals surface area contributed by atoms with E-state index in [-0.39, 0.29) is 30.6 Å². The van der Waals surface area contributed by atoms with Crippen molar-refractivity contribution in [3.63, 3.8) is 0 Å². The number of amides is 1. The molecule has 0 radical (unpaired) electrons. The number of fused-ring (bicyclic) bond motifs is 5. The van der Waals surface area contributed by atoms with E-state index < -0.39 is 17.4 Å². The number of para-hydroxylation sites is 1. The van der Waals surface area contributed by atoms with Crippen LogP contribution in [0.5, 0.6) is 5.88 Å². The number of rotatable bonds is 3. The summed E-state index contributed by atoms with van der Waals surface area (Å²) in [5.41, 5.74) is 6.77. The number of nitrogen functional groups attached to an aromatic ring is 1. The van der Waals surface area contributed by atoms with Crippen LogP contribution in [0.25, 0.3) is 16.7 Å². The summed E-state index contributed by atoms with van der Waals surface area (Å²) >= 11 is 0. The van der Waals surface area contributed by atoms with Crippen LogP contribution in [0.1, 0.15) is 26.3 Å². The number of nitrogens with two attached hydrogens (primary N) is 1. The summed E-state index contributed by atoms with van der Waals surface area (Å²) < 4.78 is 14.6. The SMILES string of the molecule is C=CCn1c(=O)nc(N)c2c3[n+](c(N(C)C(=O)OC(C)(C)C)nc21)-c1ccccc1CO3. The van der Waals surface area contributed by atoms with Gasteiger partial charge >= 0.3 is 17.7 Å². The molecule has 1 aliphatic heterocycles. The highest BCUT2D eigenvalue weighted by Crippen LogP contribution is 2.32. The number of anilines is 2. The molecule has 0 atom stereocenters. The van der Waals surface area contributed by atoms with Crippen LogP contribution in [0, 0.1) is 0 Å². The number of hydrogen-bond acceptors (Lipinski definition) is 7. The first-order valence-corrected chi connectivity index (χ1v) is 10.1. The molecule has 0 fully saturated rings. The molecule has 0 saturated heterocycles. The van der Waals surface area contributed by atoms with Crippen LogP contribution in [0.4, 0.5) is 16.6 Å². The summed E-state index contributed by atoms with van der Waals surface area (Å²) in [5.74, 6) is 0.533. The molecule has 10 heteroatoms. The van der Waals surface area contributed by atoms with E-state index in [1.165, 1.54) is 9.47 Å². The summed E-state index contributed by atoms with van der Waals surface area (Å²) in [4.78, 5) is 35.4. The number of benzene rings is 1. The van der Waals surface area contributed by atoms with Gasteiger partial charge in [0, 0.05) is 12.1 Å². The van der Waals surface area contributed by atoms with Gasteiger partial charge in [0.1, 0.15) is 23.7 Å². The Morgan fingerprint density at radius 2 is 2.09 bits per heavy atom. The minimum Gasteiger partial charge on any atom is -0.462 e. The van der Waals surface area contributed by atoms with Gasteiger partial charge in [-0.25, -0.2) is 9.59 Å². The number of carbonyl (C=O) groups excluding carboxylic acids is 1. The Bertz CT molecular complexity index is 1310. The van der Waals surface area contributed by atoms with Crippen molar-refractivity contribution >= 4 is 28.9 Å². The van der Waals surface area contributed by atoms with Crippen LogP contribution in [0.3, 0.4) is 0 Å². The van der Waals surface area contributed by atoms with Crippen LogP contribution < -0.4 is 25.6 Å². The second-order valence-corrected chi connectivity index (χ2v) is 8.39. The predicted molar refractivity (Wildman–Crippen MR) is 119 cm³/mol. The Morgan fingerprint density at radius 3 is 2.78 bits per heavy atom. The van der Waals surface area contributed by atoms with Gasteiger partial charge in [0.05, 0.1) is 7.05 Å². The molecule has 0 spiro atoms. The molecule has 0 saturated carbocycles. The quantitative estimate of drug-likeness (QED) is 0.493. The average molecular weight is 437 g/mol. The van der Waals surface area contributed by atoms with E-state index in [9.17, 15) is 9.59 Å². The zero-order chi connectivity index (χ0) is 23.2. The van der Waals surface area contributed by atoms with E-state index in [0.29, 0.717) is 11.3 Å². The number of ether oxygens (including phenoxy) is 2. The van der Waals surface area contributed by atoms with Crippen LogP contribution in [0.15, 0.2) is 41.7 Å². The highest BCUT2D eigenvalue weighted by molar-refractivity contribution is 5.91. The summed E-state index contributed by atoms with van der Waals surface area (Å²) in [6.07, 6.45) is 0.946. The van der Waals surface area contributed by atoms with Gasteiger partial charge in [-0.05, 0) is 26.8 Å². The van der Waals surface area contributed by atoms with Crippen molar-refractivity contribution in [2.75, 3.05) is 17.7 Å². The van der Waals surface area contributed by atoms with Crippen LogP contribution in [-0.2, 0) is 17.9 Å². The fourth-order valence-corrected chi connectivity index (χ4v) is 3.51. The van der Waals surface area contributed by atoms with Gasteiger partial charge in [-0.3, -0.25) is 4.57 Å². The average Bonchev–Trinajstić information content (AvgIpc) is 2.73. The van der Waals surface area contributed by atoms with Crippen molar-refractivity contribution in [2.24, 2.45) is 0 Å². The molecular formula is C22H25N6O4+. The normalized spacial score (nSPS) is 12.5. The summed E-state index contributed by atoms with van der Waals surface area (Å²) in [7, 11) is 1.55. The van der Waals surface area contributed by atoms with Gasteiger partial charge in [-0.1, -0.05) is 29.3 Å². The molecule has 2 N–H and O–H groups in total. The number of hydrogen-bond donors (Lipinski definition) is 1. The number of aromatic nitrogens is 4. The molecule has 3 aromatic rings. The molecule has 1 amide bonds. The van der Waals surface area contributed by atoms with E-state index in [1.54, 1.807) is 38.5 Å². The third kappa shape index (κ3) is 3.53. The summed E-state index contributed by atoms with van der Waals surface area (Å²) in [6.45, 7) is 9.48. The molecule has 0 bridgehead atoms. The van der Waals surface area contributed by atoms with Crippen molar-refractivity contribution in [1.82, 2.24) is 14.5 Å². The molecule has 10 nitrogen and oxygen atoms in total. The van der Waals surface area contributed by atoms with Gasteiger partial charge < -0.3 is 15.2 Å². The van der Waals surface area contributed by atoms with Gasteiger partial charge in [-0.2, -0.15) is 14.5 Å². The molecule has 32 heavy (non-hydrogen) atoms. The van der Waals surface area contributed by atoms with Crippen LogP contribution in [0.2, 0.25) is 0 Å². The van der Waals surface area contributed by atoms with Gasteiger partial charge in [0.2, 0.25) is 5.65 Å². The van der Waals surface area contributed by atoms with Crippen molar-refractivity contribution in [3.05, 3.63) is 53.0 Å². The fraction of sp³-hybridized carbons (Fsp3) is 0.318. The number of nitrogens with zero attached hydrogens (tertiary/aromatic N) is 5. The molecule has 1 aromatic carbocycles. The van der Waals surface area contributed by atoms with Gasteiger partial charge in [0.15, 0.2) is 5.39 Å². The minimum atomic E-state index is -0.708. The third-order valence-corrected chi connectivity index (χ3v) is 4.88. The van der Waals surface area contributed by atoms with E-state index in [1.807, 2.05) is 24.3 Å². The van der Waals surface area contributed by atoms with Crippen molar-refractivity contribution in [3.8, 4) is 11.6 Å². The van der Waals surface area contributed by atoms with Crippen molar-refractivity contribution < 1.29 is 18.8 Å². The fourth-order valence-electron chi connectivity index (χ4n) is 3.51. The lowest BCUT2D eigenvalue weighted by molar-refractivity contribution is -0.596. The standard InChI is InChI=1S/C22H24N6O4/c1-6-11-27-17-15(16(23)24-20(27)29)18-28(14-10-8-7-9-13(14)12-31-18)19(25-17)26(5)21(30)32-22(2,3)4/h6-10H,1,11-12H2,2-5H3,(H-,23,24,29)/p+1. The Hall–Kier alpha value is -3.95. The molecule has 1 aliphatic rings. The van der Waals surface area contributed by atoms with E-state index in [4.69, 9.17) is 15.2 Å². The lowest BCUT2D eigenvalue weighted by Crippen LogP contribution is -2.48. The maximum atomic E-state index is 12.9. The topological polar surface area (TPSA) is 116 Å². The maximum Gasteiger partial charge on any atom is 0.479 e. The minimum absolute atomic E-state index is 0.00702. The second kappa shape index (κ2) is 7.63. The van der Waals surface area contributed by atoms with Gasteiger partial charge in [0.25, 0.3) is 5.88 Å². The Morgan fingerprint density at radius 1 is 1.38 bits per heavy atom. The zero-order valence-electron chi connectivity index (χ0n) is 18.5. The van der Waals surface area contributed by atoms with E-state index in [2.05, 4.69) is 16.5 Å². The first-order chi connectivity index (χ1) is 15.1. The monoisotopic (exact) mass is 437 g/mol. The predicted octanol–water partition coefficient (Wildman–Crippen LogP) is 2.10. The molecule has 2 aromatic heterocycles. The van der Waals surface area contributed by atoms with E-state index >= 15 is 0 Å². The largest absolute Gasteiger partial charge is 0.479 e. The summed E-state index contributed by atoms with van der Waals surface area (Å²) in [6, 6.07) is 7.59. The second-order valence-electron chi connectivity index (χ2n) is 8.39. The molecule has 0 aliphatic carbocycles. The summed E-state index contributed by atoms with van der Waals surface area (Å²) in [5, 5.41) is 0.377. The molecule has 3 heterocycles. The first kappa shape index (κ1) is 21.3. The zero-order valence-corrected chi connectivity index (χ0v) is 18.5. The van der Waals surface area contributed by atoms with E-state index in [0.717, 1.165) is 11.3 Å². The molecule has 0 unspecified atom stereocenters.